The number of rotatable bonds is 6. The second kappa shape index (κ2) is 7.65. The van der Waals surface area contributed by atoms with Crippen LogP contribution in [0, 0.1) is 0 Å². The first-order valence-electron chi connectivity index (χ1n) is 9.31. The lowest BCUT2D eigenvalue weighted by atomic mass is 9.73. The highest BCUT2D eigenvalue weighted by Crippen LogP contribution is 2.41. The molecule has 0 radical (unpaired) electrons. The molecule has 2 heteroatoms. The summed E-state index contributed by atoms with van der Waals surface area (Å²) in [5.41, 5.74) is 9.15. The average Bonchev–Trinajstić information content (AvgIpc) is 2.65. The van der Waals surface area contributed by atoms with Crippen molar-refractivity contribution in [2.75, 3.05) is 5.73 Å². The summed E-state index contributed by atoms with van der Waals surface area (Å²) in [6.45, 7) is 4.41. The van der Waals surface area contributed by atoms with Gasteiger partial charge in [-0.25, -0.2) is 0 Å². The van der Waals surface area contributed by atoms with Crippen LogP contribution in [0.1, 0.15) is 44.2 Å². The number of hydrogen-bond acceptors (Lipinski definition) is 2. The Morgan fingerprint density at radius 3 is 2.46 bits per heavy atom. The minimum absolute atomic E-state index is 0.275. The van der Waals surface area contributed by atoms with Gasteiger partial charge in [0.15, 0.2) is 0 Å². The van der Waals surface area contributed by atoms with Gasteiger partial charge in [-0.3, -0.25) is 0 Å². The molecule has 1 atom stereocenters. The maximum absolute atomic E-state index is 9.72. The van der Waals surface area contributed by atoms with E-state index in [9.17, 15) is 5.11 Å². The van der Waals surface area contributed by atoms with Crippen molar-refractivity contribution in [3.63, 3.8) is 0 Å². The molecule has 0 aliphatic heterocycles. The highest BCUT2D eigenvalue weighted by atomic mass is 16.3. The predicted octanol–water partition coefficient (Wildman–Crippen LogP) is 6.18. The maximum Gasteiger partial charge on any atom is 0.115 e. The van der Waals surface area contributed by atoms with Gasteiger partial charge in [-0.2, -0.15) is 0 Å². The Morgan fingerprint density at radius 2 is 1.73 bits per heavy atom. The van der Waals surface area contributed by atoms with E-state index in [1.54, 1.807) is 12.1 Å². The maximum atomic E-state index is 9.72. The number of fused-ring (bicyclic) bond motifs is 1. The fourth-order valence-electron chi connectivity index (χ4n) is 3.64. The number of phenols is 1. The van der Waals surface area contributed by atoms with Gasteiger partial charge in [0.25, 0.3) is 0 Å². The summed E-state index contributed by atoms with van der Waals surface area (Å²) in [6, 6.07) is 19.9. The Kier molecular flexibility index (Phi) is 5.32. The molecule has 1 unspecified atom stereocenters. The van der Waals surface area contributed by atoms with Crippen LogP contribution in [0.25, 0.3) is 10.8 Å². The van der Waals surface area contributed by atoms with Crippen molar-refractivity contribution >= 4 is 16.5 Å². The molecule has 0 aromatic heterocycles. The van der Waals surface area contributed by atoms with Gasteiger partial charge in [-0.15, -0.1) is 0 Å². The number of allylic oxidation sites excluding steroid dienone is 2. The fraction of sp³-hybridized carbons (Fsp3) is 0.250. The van der Waals surface area contributed by atoms with Crippen LogP contribution in [0.5, 0.6) is 5.75 Å². The van der Waals surface area contributed by atoms with Gasteiger partial charge in [0, 0.05) is 11.1 Å². The molecule has 0 heterocycles. The van der Waals surface area contributed by atoms with Crippen molar-refractivity contribution in [2.24, 2.45) is 0 Å². The Hall–Kier alpha value is -2.74. The van der Waals surface area contributed by atoms with Crippen molar-refractivity contribution in [3.8, 4) is 5.75 Å². The van der Waals surface area contributed by atoms with E-state index in [1.807, 2.05) is 18.2 Å². The van der Waals surface area contributed by atoms with E-state index < -0.39 is 0 Å². The largest absolute Gasteiger partial charge is 0.508 e. The van der Waals surface area contributed by atoms with Gasteiger partial charge in [0.05, 0.1) is 0 Å². The number of nitrogens with two attached hydrogens (primary N) is 1. The van der Waals surface area contributed by atoms with E-state index in [0.717, 1.165) is 23.2 Å². The van der Waals surface area contributed by atoms with Crippen LogP contribution in [-0.2, 0) is 5.41 Å². The summed E-state index contributed by atoms with van der Waals surface area (Å²) < 4.78 is 0. The highest BCUT2D eigenvalue weighted by Gasteiger charge is 2.30. The van der Waals surface area contributed by atoms with E-state index in [1.165, 1.54) is 23.6 Å². The van der Waals surface area contributed by atoms with Crippen molar-refractivity contribution < 1.29 is 5.11 Å². The number of anilines is 1. The van der Waals surface area contributed by atoms with Crippen LogP contribution in [0.3, 0.4) is 0 Å². The molecule has 0 spiro atoms. The van der Waals surface area contributed by atoms with Crippen LogP contribution in [0.4, 0.5) is 5.69 Å². The SMILES string of the molecule is CCCCC=CC(C)(c1ccc(O)cc1)c1c(N)ccc2ccccc12. The molecule has 0 bridgehead atoms. The molecule has 0 aliphatic carbocycles. The van der Waals surface area contributed by atoms with Crippen LogP contribution in [0.2, 0.25) is 0 Å². The minimum Gasteiger partial charge on any atom is -0.508 e. The molecule has 0 fully saturated rings. The second-order valence-corrected chi connectivity index (χ2v) is 7.04. The lowest BCUT2D eigenvalue weighted by Gasteiger charge is -2.30. The molecule has 0 amide bonds. The lowest BCUT2D eigenvalue weighted by Crippen LogP contribution is -2.23. The molecule has 3 aromatic carbocycles. The molecular weight excluding hydrogens is 318 g/mol. The van der Waals surface area contributed by atoms with E-state index in [0.29, 0.717) is 0 Å². The number of unbranched alkanes of at least 4 members (excludes halogenated alkanes) is 2. The van der Waals surface area contributed by atoms with Crippen molar-refractivity contribution in [3.05, 3.63) is 83.9 Å². The summed E-state index contributed by atoms with van der Waals surface area (Å²) in [6.07, 6.45) is 7.93. The third-order valence-corrected chi connectivity index (χ3v) is 5.12. The summed E-state index contributed by atoms with van der Waals surface area (Å²) in [7, 11) is 0. The number of aromatic hydroxyl groups is 1. The van der Waals surface area contributed by atoms with Crippen LogP contribution in [-0.4, -0.2) is 5.11 Å². The average molecular weight is 345 g/mol. The Labute approximate surface area is 156 Å². The smallest absolute Gasteiger partial charge is 0.115 e. The van der Waals surface area contributed by atoms with E-state index in [-0.39, 0.29) is 11.2 Å². The molecule has 26 heavy (non-hydrogen) atoms. The molecule has 134 valence electrons. The van der Waals surface area contributed by atoms with Crippen LogP contribution < -0.4 is 5.73 Å². The predicted molar refractivity (Wildman–Crippen MR) is 112 cm³/mol. The topological polar surface area (TPSA) is 46.2 Å². The van der Waals surface area contributed by atoms with Gasteiger partial charge < -0.3 is 10.8 Å². The second-order valence-electron chi connectivity index (χ2n) is 7.04. The number of benzene rings is 3. The number of nitrogen functional groups attached to an aromatic ring is 1. The Bertz CT molecular complexity index is 911. The zero-order valence-electron chi connectivity index (χ0n) is 15.6. The van der Waals surface area contributed by atoms with Gasteiger partial charge in [0.1, 0.15) is 5.75 Å². The van der Waals surface area contributed by atoms with E-state index >= 15 is 0 Å². The van der Waals surface area contributed by atoms with E-state index in [4.69, 9.17) is 5.73 Å². The van der Waals surface area contributed by atoms with Gasteiger partial charge in [-0.05, 0) is 53.4 Å². The molecule has 3 aromatic rings. The molecular formula is C24H27NO. The van der Waals surface area contributed by atoms with E-state index in [2.05, 4.69) is 56.3 Å². The van der Waals surface area contributed by atoms with Crippen LogP contribution in [0.15, 0.2) is 72.8 Å². The third kappa shape index (κ3) is 3.45. The number of phenolic OH excluding ortho intramolecular Hbond substituents is 1. The zero-order chi connectivity index (χ0) is 18.6. The minimum atomic E-state index is -0.369. The van der Waals surface area contributed by atoms with Crippen molar-refractivity contribution in [1.29, 1.82) is 0 Å². The first-order chi connectivity index (χ1) is 12.6. The first-order valence-corrected chi connectivity index (χ1v) is 9.31. The monoisotopic (exact) mass is 345 g/mol. The van der Waals surface area contributed by atoms with Gasteiger partial charge in [0.2, 0.25) is 0 Å². The Balaban J connectivity index is 2.22. The standard InChI is InChI=1S/C24H27NO/c1-3-4-5-8-17-24(2,19-12-14-20(26)15-13-19)23-21-10-7-6-9-18(21)11-16-22(23)25/h6-17,26H,3-5,25H2,1-2H3. The highest BCUT2D eigenvalue weighted by molar-refractivity contribution is 5.91. The normalized spacial score (nSPS) is 13.9. The van der Waals surface area contributed by atoms with Crippen molar-refractivity contribution in [2.45, 2.75) is 38.5 Å². The van der Waals surface area contributed by atoms with Crippen molar-refractivity contribution in [1.82, 2.24) is 0 Å². The lowest BCUT2D eigenvalue weighted by molar-refractivity contribution is 0.474. The molecule has 3 N–H and O–H groups in total. The van der Waals surface area contributed by atoms with Gasteiger partial charge in [-0.1, -0.05) is 74.4 Å². The molecule has 3 rings (SSSR count). The third-order valence-electron chi connectivity index (χ3n) is 5.12. The molecule has 2 nitrogen and oxygen atoms in total. The molecule has 0 saturated heterocycles. The van der Waals surface area contributed by atoms with Crippen LogP contribution >= 0.6 is 0 Å². The number of hydrogen-bond donors (Lipinski definition) is 2. The van der Waals surface area contributed by atoms with Gasteiger partial charge >= 0.3 is 0 Å². The molecule has 0 aliphatic rings. The summed E-state index contributed by atoms with van der Waals surface area (Å²) in [5, 5.41) is 12.1. The fourth-order valence-corrected chi connectivity index (χ4v) is 3.64. The summed E-state index contributed by atoms with van der Waals surface area (Å²) in [4.78, 5) is 0. The summed E-state index contributed by atoms with van der Waals surface area (Å²) in [5.74, 6) is 0.275. The first kappa shape index (κ1) is 18.1. The Morgan fingerprint density at radius 1 is 1.00 bits per heavy atom. The zero-order valence-corrected chi connectivity index (χ0v) is 15.6. The quantitative estimate of drug-likeness (QED) is 0.318. The molecule has 0 saturated carbocycles. The summed E-state index contributed by atoms with van der Waals surface area (Å²) >= 11 is 0.